The van der Waals surface area contributed by atoms with Gasteiger partial charge in [0.15, 0.2) is 5.96 Å². The van der Waals surface area contributed by atoms with E-state index in [2.05, 4.69) is 27.8 Å². The van der Waals surface area contributed by atoms with Gasteiger partial charge in [0.25, 0.3) is 5.91 Å². The number of guanidine groups is 1. The van der Waals surface area contributed by atoms with E-state index in [1.165, 1.54) is 5.56 Å². The average molecular weight is 376 g/mol. The molecule has 28 heavy (non-hydrogen) atoms. The normalized spacial score (nSPS) is 11.2. The third kappa shape index (κ3) is 6.02. The molecule has 0 unspecified atom stereocenters. The SMILES string of the molecule is NC(=NCc1cccc(C(=O)NCc2ccco2)c1)NCCc1ccccc1. The van der Waals surface area contributed by atoms with Crippen molar-refractivity contribution in [3.63, 3.8) is 0 Å². The summed E-state index contributed by atoms with van der Waals surface area (Å²) in [5.41, 5.74) is 8.67. The zero-order chi connectivity index (χ0) is 19.6. The Morgan fingerprint density at radius 1 is 0.964 bits per heavy atom. The van der Waals surface area contributed by atoms with E-state index in [0.717, 1.165) is 12.0 Å². The number of furan rings is 1. The van der Waals surface area contributed by atoms with Gasteiger partial charge in [0.05, 0.1) is 19.4 Å². The number of rotatable bonds is 8. The van der Waals surface area contributed by atoms with Crippen LogP contribution in [-0.2, 0) is 19.5 Å². The Morgan fingerprint density at radius 3 is 2.57 bits per heavy atom. The molecular weight excluding hydrogens is 352 g/mol. The molecular formula is C22H24N4O2. The molecule has 3 aromatic rings. The summed E-state index contributed by atoms with van der Waals surface area (Å²) < 4.78 is 5.22. The summed E-state index contributed by atoms with van der Waals surface area (Å²) in [5.74, 6) is 0.947. The first-order valence-electron chi connectivity index (χ1n) is 9.18. The van der Waals surface area contributed by atoms with Crippen LogP contribution in [0.3, 0.4) is 0 Å². The average Bonchev–Trinajstić information content (AvgIpc) is 3.25. The predicted octanol–water partition coefficient (Wildman–Crippen LogP) is 2.86. The van der Waals surface area contributed by atoms with Gasteiger partial charge in [-0.2, -0.15) is 0 Å². The fourth-order valence-corrected chi connectivity index (χ4v) is 2.71. The summed E-state index contributed by atoms with van der Waals surface area (Å²) in [5, 5.41) is 5.94. The minimum atomic E-state index is -0.156. The van der Waals surface area contributed by atoms with E-state index >= 15 is 0 Å². The first-order valence-corrected chi connectivity index (χ1v) is 9.18. The summed E-state index contributed by atoms with van der Waals surface area (Å²) in [6, 6.07) is 21.2. The monoisotopic (exact) mass is 376 g/mol. The van der Waals surface area contributed by atoms with Gasteiger partial charge in [-0.3, -0.25) is 4.79 Å². The second kappa shape index (κ2) is 9.97. The Hall–Kier alpha value is -3.54. The number of nitrogens with zero attached hydrogens (tertiary/aromatic N) is 1. The number of hydrogen-bond donors (Lipinski definition) is 3. The molecule has 1 heterocycles. The lowest BCUT2D eigenvalue weighted by atomic mass is 10.1. The lowest BCUT2D eigenvalue weighted by Crippen LogP contribution is -2.33. The van der Waals surface area contributed by atoms with Crippen LogP contribution in [0.25, 0.3) is 0 Å². The van der Waals surface area contributed by atoms with Crippen molar-refractivity contribution in [1.82, 2.24) is 10.6 Å². The van der Waals surface area contributed by atoms with Crippen molar-refractivity contribution >= 4 is 11.9 Å². The van der Waals surface area contributed by atoms with Crippen molar-refractivity contribution in [3.8, 4) is 0 Å². The van der Waals surface area contributed by atoms with Crippen LogP contribution in [0.1, 0.15) is 27.2 Å². The van der Waals surface area contributed by atoms with E-state index in [1.807, 2.05) is 42.5 Å². The molecule has 0 spiro atoms. The molecule has 144 valence electrons. The van der Waals surface area contributed by atoms with Crippen LogP contribution in [0.2, 0.25) is 0 Å². The second-order valence-corrected chi connectivity index (χ2v) is 6.33. The van der Waals surface area contributed by atoms with Crippen LogP contribution in [0.4, 0.5) is 0 Å². The zero-order valence-corrected chi connectivity index (χ0v) is 15.6. The molecule has 0 aliphatic heterocycles. The van der Waals surface area contributed by atoms with Crippen LogP contribution in [0.5, 0.6) is 0 Å². The summed E-state index contributed by atoms with van der Waals surface area (Å²) >= 11 is 0. The quantitative estimate of drug-likeness (QED) is 0.416. The smallest absolute Gasteiger partial charge is 0.251 e. The summed E-state index contributed by atoms with van der Waals surface area (Å²) in [6.07, 6.45) is 2.46. The van der Waals surface area contributed by atoms with E-state index in [9.17, 15) is 4.79 Å². The van der Waals surface area contributed by atoms with Crippen molar-refractivity contribution in [2.75, 3.05) is 6.54 Å². The molecule has 1 amide bonds. The molecule has 2 aromatic carbocycles. The molecule has 6 heteroatoms. The molecule has 4 N–H and O–H groups in total. The molecule has 0 saturated carbocycles. The van der Waals surface area contributed by atoms with Gasteiger partial charge in [0, 0.05) is 12.1 Å². The topological polar surface area (TPSA) is 92.6 Å². The molecule has 1 aromatic heterocycles. The number of aliphatic imine (C=N–C) groups is 1. The van der Waals surface area contributed by atoms with Gasteiger partial charge in [0.2, 0.25) is 0 Å². The van der Waals surface area contributed by atoms with Crippen LogP contribution in [-0.4, -0.2) is 18.4 Å². The fraction of sp³-hybridized carbons (Fsp3) is 0.182. The third-order valence-electron chi connectivity index (χ3n) is 4.19. The number of benzene rings is 2. The van der Waals surface area contributed by atoms with Crippen molar-refractivity contribution in [2.24, 2.45) is 10.7 Å². The van der Waals surface area contributed by atoms with Crippen LogP contribution >= 0.6 is 0 Å². The molecule has 0 saturated heterocycles. The Balaban J connectivity index is 1.47. The maximum atomic E-state index is 12.3. The highest BCUT2D eigenvalue weighted by molar-refractivity contribution is 5.94. The first-order chi connectivity index (χ1) is 13.7. The van der Waals surface area contributed by atoms with Crippen LogP contribution in [0, 0.1) is 0 Å². The lowest BCUT2D eigenvalue weighted by Gasteiger charge is -2.07. The van der Waals surface area contributed by atoms with Gasteiger partial charge in [-0.05, 0) is 41.8 Å². The number of carbonyl (C=O) groups excluding carboxylic acids is 1. The minimum absolute atomic E-state index is 0.156. The summed E-state index contributed by atoms with van der Waals surface area (Å²) in [6.45, 7) is 1.48. The number of nitrogens with one attached hydrogen (secondary N) is 2. The highest BCUT2D eigenvalue weighted by Gasteiger charge is 2.07. The third-order valence-corrected chi connectivity index (χ3v) is 4.19. The Kier molecular flexibility index (Phi) is 6.84. The summed E-state index contributed by atoms with van der Waals surface area (Å²) in [4.78, 5) is 16.6. The summed E-state index contributed by atoms with van der Waals surface area (Å²) in [7, 11) is 0. The molecule has 0 radical (unpaired) electrons. The largest absolute Gasteiger partial charge is 0.467 e. The Morgan fingerprint density at radius 2 is 1.79 bits per heavy atom. The zero-order valence-electron chi connectivity index (χ0n) is 15.6. The molecule has 6 nitrogen and oxygen atoms in total. The molecule has 0 aliphatic carbocycles. The van der Waals surface area contributed by atoms with Gasteiger partial charge in [-0.1, -0.05) is 42.5 Å². The number of nitrogens with two attached hydrogens (primary N) is 1. The maximum Gasteiger partial charge on any atom is 0.251 e. The van der Waals surface area contributed by atoms with Gasteiger partial charge >= 0.3 is 0 Å². The molecule has 0 fully saturated rings. The predicted molar refractivity (Wildman–Crippen MR) is 110 cm³/mol. The number of carbonyl (C=O) groups is 1. The van der Waals surface area contributed by atoms with Crippen molar-refractivity contribution in [2.45, 2.75) is 19.5 Å². The Labute approximate surface area is 164 Å². The van der Waals surface area contributed by atoms with Gasteiger partial charge in [-0.25, -0.2) is 4.99 Å². The van der Waals surface area contributed by atoms with E-state index in [-0.39, 0.29) is 5.91 Å². The van der Waals surface area contributed by atoms with Crippen LogP contribution in [0.15, 0.2) is 82.4 Å². The van der Waals surface area contributed by atoms with Crippen molar-refractivity contribution in [1.29, 1.82) is 0 Å². The van der Waals surface area contributed by atoms with Crippen molar-refractivity contribution < 1.29 is 9.21 Å². The van der Waals surface area contributed by atoms with E-state index < -0.39 is 0 Å². The Bertz CT molecular complexity index is 905. The van der Waals surface area contributed by atoms with Crippen molar-refractivity contribution in [3.05, 3.63) is 95.4 Å². The minimum Gasteiger partial charge on any atom is -0.467 e. The highest BCUT2D eigenvalue weighted by atomic mass is 16.3. The molecule has 0 bridgehead atoms. The number of hydrogen-bond acceptors (Lipinski definition) is 3. The van der Waals surface area contributed by atoms with Gasteiger partial charge in [-0.15, -0.1) is 0 Å². The standard InChI is InChI=1S/C22H24N4O2/c23-22(24-12-11-17-6-2-1-3-7-17)26-15-18-8-4-9-19(14-18)21(27)25-16-20-10-5-13-28-20/h1-10,13-14H,11-12,15-16H2,(H,25,27)(H3,23,24,26). The number of amides is 1. The highest BCUT2D eigenvalue weighted by Crippen LogP contribution is 2.08. The van der Waals surface area contributed by atoms with Gasteiger partial charge < -0.3 is 20.8 Å². The van der Waals surface area contributed by atoms with Crippen LogP contribution < -0.4 is 16.4 Å². The first kappa shape index (κ1) is 19.2. The molecule has 0 atom stereocenters. The van der Waals surface area contributed by atoms with E-state index in [0.29, 0.717) is 36.9 Å². The molecule has 0 aliphatic rings. The lowest BCUT2D eigenvalue weighted by molar-refractivity contribution is 0.0948. The maximum absolute atomic E-state index is 12.3. The van der Waals surface area contributed by atoms with Gasteiger partial charge in [0.1, 0.15) is 5.76 Å². The molecule has 3 rings (SSSR count). The van der Waals surface area contributed by atoms with E-state index in [1.54, 1.807) is 18.4 Å². The second-order valence-electron chi connectivity index (χ2n) is 6.33. The fourth-order valence-electron chi connectivity index (χ4n) is 2.71. The van der Waals surface area contributed by atoms with E-state index in [4.69, 9.17) is 10.2 Å².